The lowest BCUT2D eigenvalue weighted by molar-refractivity contribution is 0.269. The number of nitrogens with zero attached hydrogens (tertiary/aromatic N) is 4. The van der Waals surface area contributed by atoms with Gasteiger partial charge in [0.15, 0.2) is 0 Å². The van der Waals surface area contributed by atoms with E-state index in [2.05, 4.69) is 31.7 Å². The van der Waals surface area contributed by atoms with Crippen LogP contribution in [0.4, 0.5) is 4.39 Å². The van der Waals surface area contributed by atoms with E-state index >= 15 is 0 Å². The fourth-order valence-electron chi connectivity index (χ4n) is 5.67. The Labute approximate surface area is 178 Å². The van der Waals surface area contributed by atoms with Crippen molar-refractivity contribution in [2.45, 2.75) is 43.7 Å². The lowest BCUT2D eigenvalue weighted by Crippen LogP contribution is -2.45. The highest BCUT2D eigenvalue weighted by Crippen LogP contribution is 2.51. The zero-order chi connectivity index (χ0) is 21.1. The molecule has 0 radical (unpaired) electrons. The van der Waals surface area contributed by atoms with E-state index in [1.807, 2.05) is 19.2 Å². The maximum atomic E-state index is 13.7. The molecule has 3 aromatic rings. The average molecular weight is 418 g/mol. The van der Waals surface area contributed by atoms with Crippen LogP contribution in [0.3, 0.4) is 0 Å². The summed E-state index contributed by atoms with van der Waals surface area (Å²) in [5.74, 6) is 0.556. The second-order valence-electron chi connectivity index (χ2n) is 8.73. The molecule has 31 heavy (non-hydrogen) atoms. The van der Waals surface area contributed by atoms with Gasteiger partial charge in [-0.05, 0) is 49.0 Å². The van der Waals surface area contributed by atoms with Crippen LogP contribution in [0.15, 0.2) is 41.0 Å². The first-order valence-electron chi connectivity index (χ1n) is 10.8. The summed E-state index contributed by atoms with van der Waals surface area (Å²) in [5.41, 5.74) is 4.66. The molecule has 0 amide bonds. The molecule has 0 bridgehead atoms. The first kappa shape index (κ1) is 18.6. The summed E-state index contributed by atoms with van der Waals surface area (Å²) in [6.45, 7) is 0. The number of aromatic amines is 1. The molecule has 8 heteroatoms. The third-order valence-electron chi connectivity index (χ3n) is 7.08. The molecule has 2 unspecified atom stereocenters. The van der Waals surface area contributed by atoms with Gasteiger partial charge < -0.3 is 5.32 Å². The van der Waals surface area contributed by atoms with E-state index in [-0.39, 0.29) is 29.4 Å². The second kappa shape index (κ2) is 6.95. The van der Waals surface area contributed by atoms with E-state index in [9.17, 15) is 9.18 Å². The first-order chi connectivity index (χ1) is 15.1. The summed E-state index contributed by atoms with van der Waals surface area (Å²) in [7, 11) is 1.85. The molecule has 0 spiro atoms. The predicted octanol–water partition coefficient (Wildman–Crippen LogP) is 3.14. The summed E-state index contributed by atoms with van der Waals surface area (Å²) in [6, 6.07) is 6.42. The number of fused-ring (bicyclic) bond motifs is 2. The standard InChI is InChI=1S/C23H23FN6O/c1-30-22(25-11-26-30)18-19(12-6-8-14(24)9-7-12)27-20-15-5-3-2-4-13(15)10-16-17(20)21(18)28-29-23(16)31/h6-11,15,18-20,27H,2-5H2,1H3,(H,29,31)/t15?,18-,19-,20?/m0/s1. The number of hydrogen-bond donors (Lipinski definition) is 2. The van der Waals surface area contributed by atoms with Gasteiger partial charge in [-0.2, -0.15) is 10.2 Å². The first-order valence-corrected chi connectivity index (χ1v) is 10.8. The Morgan fingerprint density at radius 1 is 1.16 bits per heavy atom. The van der Waals surface area contributed by atoms with E-state index in [0.717, 1.165) is 41.9 Å². The van der Waals surface area contributed by atoms with Crippen LogP contribution in [0.25, 0.3) is 6.08 Å². The lowest BCUT2D eigenvalue weighted by Gasteiger charge is -2.45. The number of hydrogen-bond acceptors (Lipinski definition) is 5. The summed E-state index contributed by atoms with van der Waals surface area (Å²) in [6.07, 6.45) is 8.06. The summed E-state index contributed by atoms with van der Waals surface area (Å²) in [4.78, 5) is 17.3. The number of nitrogens with one attached hydrogen (secondary N) is 2. The third kappa shape index (κ3) is 2.81. The highest BCUT2D eigenvalue weighted by atomic mass is 19.1. The number of aromatic nitrogens is 5. The van der Waals surface area contributed by atoms with E-state index in [1.54, 1.807) is 4.68 Å². The minimum Gasteiger partial charge on any atom is -0.301 e. The van der Waals surface area contributed by atoms with Gasteiger partial charge in [-0.3, -0.25) is 9.48 Å². The van der Waals surface area contributed by atoms with E-state index < -0.39 is 0 Å². The SMILES string of the molecule is Cn1ncnc1[C@@H]1c2n[nH]c(=O)c3c2C(N[C@H]1c1ccc(F)cc1)C1CCCCC1=C3. The van der Waals surface area contributed by atoms with Crippen molar-refractivity contribution >= 4 is 6.08 Å². The highest BCUT2D eigenvalue weighted by molar-refractivity contribution is 5.63. The van der Waals surface area contributed by atoms with E-state index in [4.69, 9.17) is 0 Å². The van der Waals surface area contributed by atoms with Gasteiger partial charge in [0.25, 0.3) is 5.56 Å². The van der Waals surface area contributed by atoms with Crippen LogP contribution in [-0.2, 0) is 7.05 Å². The van der Waals surface area contributed by atoms with Crippen molar-refractivity contribution in [3.05, 3.63) is 80.5 Å². The van der Waals surface area contributed by atoms with Crippen LogP contribution < -0.4 is 10.9 Å². The molecule has 2 N–H and O–H groups in total. The zero-order valence-electron chi connectivity index (χ0n) is 17.2. The molecule has 0 saturated heterocycles. The fourth-order valence-corrected chi connectivity index (χ4v) is 5.67. The Balaban J connectivity index is 1.60. The molecule has 7 nitrogen and oxygen atoms in total. The van der Waals surface area contributed by atoms with Crippen molar-refractivity contribution in [2.75, 3.05) is 0 Å². The molecular formula is C23H23FN6O. The van der Waals surface area contributed by atoms with Gasteiger partial charge in [0.2, 0.25) is 0 Å². The molecule has 1 saturated carbocycles. The van der Waals surface area contributed by atoms with Gasteiger partial charge in [-0.15, -0.1) is 0 Å². The van der Waals surface area contributed by atoms with Crippen LogP contribution in [0.5, 0.6) is 0 Å². The van der Waals surface area contributed by atoms with Crippen molar-refractivity contribution < 1.29 is 4.39 Å². The smallest absolute Gasteiger partial charge is 0.271 e. The second-order valence-corrected chi connectivity index (χ2v) is 8.73. The number of benzene rings is 1. The Morgan fingerprint density at radius 3 is 2.77 bits per heavy atom. The zero-order valence-corrected chi connectivity index (χ0v) is 17.2. The number of H-pyrrole nitrogens is 1. The topological polar surface area (TPSA) is 88.5 Å². The van der Waals surface area contributed by atoms with Crippen LogP contribution in [0, 0.1) is 11.7 Å². The maximum Gasteiger partial charge on any atom is 0.271 e. The highest BCUT2D eigenvalue weighted by Gasteiger charge is 2.46. The minimum atomic E-state index is -0.268. The monoisotopic (exact) mass is 418 g/mol. The number of halogens is 1. The molecule has 2 aliphatic carbocycles. The van der Waals surface area contributed by atoms with Crippen molar-refractivity contribution in [2.24, 2.45) is 13.0 Å². The normalized spacial score (nSPS) is 26.7. The summed E-state index contributed by atoms with van der Waals surface area (Å²) < 4.78 is 15.4. The molecule has 3 aliphatic rings. The van der Waals surface area contributed by atoms with Crippen molar-refractivity contribution in [3.63, 3.8) is 0 Å². The lowest BCUT2D eigenvalue weighted by atomic mass is 9.68. The van der Waals surface area contributed by atoms with Crippen molar-refractivity contribution in [3.8, 4) is 0 Å². The van der Waals surface area contributed by atoms with Gasteiger partial charge in [0, 0.05) is 30.3 Å². The van der Waals surface area contributed by atoms with Gasteiger partial charge in [-0.1, -0.05) is 24.1 Å². The number of aryl methyl sites for hydroxylation is 1. The molecule has 1 fully saturated rings. The van der Waals surface area contributed by atoms with Crippen molar-refractivity contribution in [1.29, 1.82) is 0 Å². The average Bonchev–Trinajstić information content (AvgIpc) is 3.21. The van der Waals surface area contributed by atoms with E-state index in [0.29, 0.717) is 11.5 Å². The number of rotatable bonds is 2. The van der Waals surface area contributed by atoms with E-state index in [1.165, 1.54) is 30.5 Å². The van der Waals surface area contributed by atoms with Crippen molar-refractivity contribution in [1.82, 2.24) is 30.3 Å². The Hall–Kier alpha value is -3.13. The molecule has 6 rings (SSSR count). The van der Waals surface area contributed by atoms with Crippen LogP contribution >= 0.6 is 0 Å². The quantitative estimate of drug-likeness (QED) is 0.668. The Bertz CT molecular complexity index is 1240. The summed E-state index contributed by atoms with van der Waals surface area (Å²) in [5, 5.41) is 15.4. The van der Waals surface area contributed by atoms with Gasteiger partial charge in [0.05, 0.1) is 11.6 Å². The minimum absolute atomic E-state index is 0.000342. The van der Waals surface area contributed by atoms with Gasteiger partial charge in [-0.25, -0.2) is 14.5 Å². The fraction of sp³-hybridized carbons (Fsp3) is 0.391. The maximum absolute atomic E-state index is 13.7. The largest absolute Gasteiger partial charge is 0.301 e. The molecule has 3 heterocycles. The third-order valence-corrected chi connectivity index (χ3v) is 7.08. The Morgan fingerprint density at radius 2 is 2.00 bits per heavy atom. The molecule has 1 aromatic carbocycles. The molecular weight excluding hydrogens is 395 g/mol. The van der Waals surface area contributed by atoms with Crippen LogP contribution in [0.1, 0.15) is 71.9 Å². The van der Waals surface area contributed by atoms with Gasteiger partial charge >= 0.3 is 0 Å². The van der Waals surface area contributed by atoms with Gasteiger partial charge in [0.1, 0.15) is 18.0 Å². The van der Waals surface area contributed by atoms with Crippen LogP contribution in [-0.4, -0.2) is 25.0 Å². The molecule has 1 aliphatic heterocycles. The molecule has 4 atom stereocenters. The predicted molar refractivity (Wildman–Crippen MR) is 113 cm³/mol. The molecule has 2 aromatic heterocycles. The summed E-state index contributed by atoms with van der Waals surface area (Å²) >= 11 is 0. The Kier molecular flexibility index (Phi) is 4.17. The molecule has 158 valence electrons. The van der Waals surface area contributed by atoms with Crippen LogP contribution in [0.2, 0.25) is 0 Å².